The maximum atomic E-state index is 11.7. The van der Waals surface area contributed by atoms with E-state index in [4.69, 9.17) is 16.7 Å². The van der Waals surface area contributed by atoms with E-state index in [1.807, 2.05) is 6.92 Å². The van der Waals surface area contributed by atoms with E-state index in [1.165, 1.54) is 0 Å². The standard InChI is InChI=1S/C9H13O3PS/c1-2-7-12-13(10,11)8-5-3-4-6-9(8)14/h3-6,8H,2,7H2,1H3,(H,10,11). The van der Waals surface area contributed by atoms with Crippen LogP contribution in [0.1, 0.15) is 13.3 Å². The normalized spacial score (nSPS) is 25.0. The van der Waals surface area contributed by atoms with Crippen LogP contribution in [0.4, 0.5) is 0 Å². The van der Waals surface area contributed by atoms with Crippen LogP contribution in [0, 0.1) is 0 Å². The van der Waals surface area contributed by atoms with E-state index in [1.54, 1.807) is 24.3 Å². The predicted octanol–water partition coefficient (Wildman–Crippen LogP) is 2.46. The Bertz CT molecular complexity index is 322. The summed E-state index contributed by atoms with van der Waals surface area (Å²) in [6.45, 7) is 2.17. The molecule has 1 N–H and O–H groups in total. The van der Waals surface area contributed by atoms with Crippen molar-refractivity contribution in [3.8, 4) is 0 Å². The van der Waals surface area contributed by atoms with Gasteiger partial charge < -0.3 is 9.42 Å². The molecule has 0 aromatic rings. The Kier molecular flexibility index (Phi) is 4.20. The van der Waals surface area contributed by atoms with Crippen molar-refractivity contribution >= 4 is 24.7 Å². The minimum absolute atomic E-state index is 0.282. The van der Waals surface area contributed by atoms with Crippen LogP contribution < -0.4 is 0 Å². The lowest BCUT2D eigenvalue weighted by Crippen LogP contribution is -2.18. The summed E-state index contributed by atoms with van der Waals surface area (Å²) in [4.78, 5) is 10.1. The van der Waals surface area contributed by atoms with Crippen LogP contribution in [0.5, 0.6) is 0 Å². The van der Waals surface area contributed by atoms with Crippen molar-refractivity contribution < 1.29 is 14.0 Å². The molecule has 0 amide bonds. The molecule has 0 spiro atoms. The van der Waals surface area contributed by atoms with E-state index in [-0.39, 0.29) is 6.61 Å². The molecule has 2 unspecified atom stereocenters. The molecule has 2 atom stereocenters. The van der Waals surface area contributed by atoms with Gasteiger partial charge in [0.05, 0.1) is 6.61 Å². The molecule has 0 saturated carbocycles. The summed E-state index contributed by atoms with van der Waals surface area (Å²) >= 11 is 4.98. The molecule has 0 saturated heterocycles. The van der Waals surface area contributed by atoms with Crippen molar-refractivity contribution in [2.24, 2.45) is 0 Å². The summed E-state index contributed by atoms with van der Waals surface area (Å²) in [6.07, 6.45) is 7.43. The highest BCUT2D eigenvalue weighted by Crippen LogP contribution is 2.49. The molecular formula is C9H13O3PS. The number of allylic oxidation sites excluding steroid dienone is 4. The van der Waals surface area contributed by atoms with Crippen molar-refractivity contribution in [3.63, 3.8) is 0 Å². The predicted molar refractivity (Wildman–Crippen MR) is 60.7 cm³/mol. The zero-order valence-corrected chi connectivity index (χ0v) is 9.63. The number of rotatable bonds is 4. The molecular weight excluding hydrogens is 219 g/mol. The molecule has 78 valence electrons. The highest BCUT2D eigenvalue weighted by Gasteiger charge is 2.33. The van der Waals surface area contributed by atoms with Gasteiger partial charge in [0, 0.05) is 4.86 Å². The fraction of sp³-hybridized carbons (Fsp3) is 0.444. The molecule has 0 fully saturated rings. The minimum atomic E-state index is -3.62. The van der Waals surface area contributed by atoms with Gasteiger partial charge in [0.1, 0.15) is 5.66 Å². The van der Waals surface area contributed by atoms with Gasteiger partial charge in [-0.1, -0.05) is 37.4 Å². The first-order valence-electron chi connectivity index (χ1n) is 4.43. The quantitative estimate of drug-likeness (QED) is 0.597. The van der Waals surface area contributed by atoms with Crippen LogP contribution in [0.15, 0.2) is 24.3 Å². The summed E-state index contributed by atoms with van der Waals surface area (Å²) in [5.74, 6) is 0. The van der Waals surface area contributed by atoms with E-state index in [2.05, 4.69) is 0 Å². The van der Waals surface area contributed by atoms with Gasteiger partial charge in [0.2, 0.25) is 0 Å². The Morgan fingerprint density at radius 3 is 2.93 bits per heavy atom. The molecule has 1 aliphatic carbocycles. The maximum Gasteiger partial charge on any atom is 0.340 e. The highest BCUT2D eigenvalue weighted by atomic mass is 32.1. The third-order valence-corrected chi connectivity index (χ3v) is 4.06. The van der Waals surface area contributed by atoms with Gasteiger partial charge in [-0.3, -0.25) is 4.57 Å². The molecule has 0 radical (unpaired) electrons. The number of hydrogen-bond donors (Lipinski definition) is 1. The molecule has 0 aromatic carbocycles. The monoisotopic (exact) mass is 232 g/mol. The Morgan fingerprint density at radius 1 is 1.64 bits per heavy atom. The molecule has 0 heterocycles. The number of hydrogen-bond acceptors (Lipinski definition) is 3. The molecule has 1 rings (SSSR count). The first kappa shape index (κ1) is 11.8. The van der Waals surface area contributed by atoms with Crippen LogP contribution in [0.25, 0.3) is 0 Å². The summed E-state index contributed by atoms with van der Waals surface area (Å²) in [5, 5.41) is 0. The van der Waals surface area contributed by atoms with Gasteiger partial charge in [0.15, 0.2) is 0 Å². The van der Waals surface area contributed by atoms with E-state index >= 15 is 0 Å². The van der Waals surface area contributed by atoms with E-state index < -0.39 is 13.3 Å². The van der Waals surface area contributed by atoms with Crippen LogP contribution in [-0.4, -0.2) is 22.0 Å². The molecule has 5 heteroatoms. The third-order valence-electron chi connectivity index (χ3n) is 1.79. The second-order valence-corrected chi connectivity index (χ2v) is 5.40. The first-order chi connectivity index (χ1) is 6.58. The zero-order chi connectivity index (χ0) is 10.6. The topological polar surface area (TPSA) is 46.5 Å². The average molecular weight is 232 g/mol. The van der Waals surface area contributed by atoms with E-state index in [0.29, 0.717) is 11.3 Å². The van der Waals surface area contributed by atoms with Gasteiger partial charge >= 0.3 is 7.60 Å². The minimum Gasteiger partial charge on any atom is -0.324 e. The summed E-state index contributed by atoms with van der Waals surface area (Å²) < 4.78 is 16.6. The van der Waals surface area contributed by atoms with Gasteiger partial charge in [-0.25, -0.2) is 0 Å². The van der Waals surface area contributed by atoms with Gasteiger partial charge in [-0.05, 0) is 12.5 Å². The highest BCUT2D eigenvalue weighted by molar-refractivity contribution is 7.82. The maximum absolute atomic E-state index is 11.7. The van der Waals surface area contributed by atoms with Crippen LogP contribution in [0.2, 0.25) is 0 Å². The lowest BCUT2D eigenvalue weighted by atomic mass is 10.2. The van der Waals surface area contributed by atoms with Crippen LogP contribution in [0.3, 0.4) is 0 Å². The van der Waals surface area contributed by atoms with Gasteiger partial charge in [-0.15, -0.1) is 0 Å². The summed E-state index contributed by atoms with van der Waals surface area (Å²) in [6, 6.07) is 0. The average Bonchev–Trinajstić information content (AvgIpc) is 2.15. The fourth-order valence-electron chi connectivity index (χ4n) is 1.09. The second kappa shape index (κ2) is 4.99. The smallest absolute Gasteiger partial charge is 0.324 e. The molecule has 0 bridgehead atoms. The number of thiocarbonyl (C=S) groups is 1. The van der Waals surface area contributed by atoms with Crippen LogP contribution >= 0.6 is 19.8 Å². The first-order valence-corrected chi connectivity index (χ1v) is 6.49. The van der Waals surface area contributed by atoms with Crippen molar-refractivity contribution in [1.82, 2.24) is 0 Å². The van der Waals surface area contributed by atoms with Crippen molar-refractivity contribution in [2.45, 2.75) is 19.0 Å². The van der Waals surface area contributed by atoms with E-state index in [0.717, 1.165) is 0 Å². The molecule has 1 aliphatic rings. The Hall–Kier alpha value is -0.280. The summed E-state index contributed by atoms with van der Waals surface area (Å²) in [7, 11) is -3.62. The summed E-state index contributed by atoms with van der Waals surface area (Å²) in [5.41, 5.74) is -0.658. The van der Waals surface area contributed by atoms with Crippen molar-refractivity contribution in [3.05, 3.63) is 24.3 Å². The second-order valence-electron chi connectivity index (χ2n) is 2.99. The fourth-order valence-corrected chi connectivity index (χ4v) is 2.97. The molecule has 0 aliphatic heterocycles. The molecule has 3 nitrogen and oxygen atoms in total. The largest absolute Gasteiger partial charge is 0.340 e. The molecule has 14 heavy (non-hydrogen) atoms. The Labute approximate surface area is 89.0 Å². The van der Waals surface area contributed by atoms with E-state index in [9.17, 15) is 9.46 Å². The lowest BCUT2D eigenvalue weighted by Gasteiger charge is -2.20. The third kappa shape index (κ3) is 2.85. The van der Waals surface area contributed by atoms with Crippen molar-refractivity contribution in [2.75, 3.05) is 6.61 Å². The Balaban J connectivity index is 2.72. The van der Waals surface area contributed by atoms with Crippen LogP contribution in [-0.2, 0) is 9.09 Å². The SMILES string of the molecule is CCCOP(=O)(O)C1C=CC=CC1=S. The Morgan fingerprint density at radius 2 is 2.36 bits per heavy atom. The van der Waals surface area contributed by atoms with Gasteiger partial charge in [-0.2, -0.15) is 0 Å². The van der Waals surface area contributed by atoms with Crippen molar-refractivity contribution in [1.29, 1.82) is 0 Å². The zero-order valence-electron chi connectivity index (χ0n) is 7.92. The van der Waals surface area contributed by atoms with Gasteiger partial charge in [0.25, 0.3) is 0 Å². The molecule has 0 aromatic heterocycles. The lowest BCUT2D eigenvalue weighted by molar-refractivity contribution is 0.259.